The van der Waals surface area contributed by atoms with Crippen molar-refractivity contribution in [3.63, 3.8) is 0 Å². The second-order valence-corrected chi connectivity index (χ2v) is 5.59. The predicted octanol–water partition coefficient (Wildman–Crippen LogP) is 1.18. The van der Waals surface area contributed by atoms with Crippen LogP contribution in [0.25, 0.3) is 0 Å². The van der Waals surface area contributed by atoms with Gasteiger partial charge in [0.2, 0.25) is 0 Å². The third kappa shape index (κ3) is 6.29. The van der Waals surface area contributed by atoms with Crippen molar-refractivity contribution in [2.24, 2.45) is 0 Å². The monoisotopic (exact) mass is 302 g/mol. The normalized spacial score (nSPS) is 18.6. The molecule has 0 aromatic heterocycles. The minimum atomic E-state index is -0.872. The molecule has 114 valence electrons. The summed E-state index contributed by atoms with van der Waals surface area (Å²) in [5, 5.41) is 11.6. The fraction of sp³-hybridized carbons (Fsp3) is 0.692. The van der Waals surface area contributed by atoms with Gasteiger partial charge in [0.05, 0.1) is 25.7 Å². The van der Waals surface area contributed by atoms with Crippen LogP contribution in [-0.4, -0.2) is 65.9 Å². The van der Waals surface area contributed by atoms with Gasteiger partial charge >= 0.3 is 12.0 Å². The molecule has 1 rings (SSSR count). The second-order valence-electron chi connectivity index (χ2n) is 4.44. The molecule has 0 aliphatic carbocycles. The van der Waals surface area contributed by atoms with Gasteiger partial charge in [0.25, 0.3) is 0 Å². The van der Waals surface area contributed by atoms with E-state index in [-0.39, 0.29) is 18.5 Å². The summed E-state index contributed by atoms with van der Waals surface area (Å²) in [6.45, 7) is 5.66. The lowest BCUT2D eigenvalue weighted by atomic mass is 10.2. The minimum absolute atomic E-state index is 0.00372. The summed E-state index contributed by atoms with van der Waals surface area (Å²) >= 11 is 1.68. The third-order valence-electron chi connectivity index (χ3n) is 2.89. The number of carboxylic acid groups (broad SMARTS) is 1. The summed E-state index contributed by atoms with van der Waals surface area (Å²) < 4.78 is 5.30. The smallest absolute Gasteiger partial charge is 0.317 e. The van der Waals surface area contributed by atoms with Crippen molar-refractivity contribution in [2.75, 3.05) is 37.8 Å². The van der Waals surface area contributed by atoms with E-state index in [1.165, 1.54) is 0 Å². The molecule has 0 bridgehead atoms. The average molecular weight is 302 g/mol. The molecular formula is C13H22N2O4S. The Labute approximate surface area is 123 Å². The Balaban J connectivity index is 2.28. The van der Waals surface area contributed by atoms with Crippen molar-refractivity contribution in [3.8, 4) is 0 Å². The van der Waals surface area contributed by atoms with Gasteiger partial charge in [0, 0.05) is 24.6 Å². The van der Waals surface area contributed by atoms with Crippen LogP contribution in [0.15, 0.2) is 12.7 Å². The zero-order valence-electron chi connectivity index (χ0n) is 11.5. The molecule has 1 unspecified atom stereocenters. The number of carbonyl (C=O) groups excluding carboxylic acids is 1. The van der Waals surface area contributed by atoms with Crippen molar-refractivity contribution in [3.05, 3.63) is 12.7 Å². The summed E-state index contributed by atoms with van der Waals surface area (Å²) in [6, 6.07) is -0.434. The molecule has 0 spiro atoms. The highest BCUT2D eigenvalue weighted by atomic mass is 32.2. The van der Waals surface area contributed by atoms with E-state index in [1.54, 1.807) is 22.7 Å². The Morgan fingerprint density at radius 1 is 1.50 bits per heavy atom. The summed E-state index contributed by atoms with van der Waals surface area (Å²) in [5.74, 6) is 0.651. The molecule has 0 saturated carbocycles. The SMILES string of the molecule is C=CCCOCCNC(=O)N1CCSCC1CC(=O)O. The van der Waals surface area contributed by atoms with Crippen LogP contribution in [0.1, 0.15) is 12.8 Å². The molecule has 7 heteroatoms. The first-order chi connectivity index (χ1) is 9.65. The second kappa shape index (κ2) is 9.66. The largest absolute Gasteiger partial charge is 0.481 e. The molecule has 20 heavy (non-hydrogen) atoms. The number of nitrogens with zero attached hydrogens (tertiary/aromatic N) is 1. The van der Waals surface area contributed by atoms with E-state index < -0.39 is 5.97 Å². The maximum atomic E-state index is 12.0. The van der Waals surface area contributed by atoms with Crippen molar-refractivity contribution in [1.82, 2.24) is 10.2 Å². The maximum Gasteiger partial charge on any atom is 0.317 e. The molecule has 0 aromatic rings. The van der Waals surface area contributed by atoms with Gasteiger partial charge in [-0.2, -0.15) is 11.8 Å². The van der Waals surface area contributed by atoms with Gasteiger partial charge < -0.3 is 20.1 Å². The fourth-order valence-electron chi connectivity index (χ4n) is 1.89. The molecule has 1 saturated heterocycles. The van der Waals surface area contributed by atoms with Crippen molar-refractivity contribution in [1.29, 1.82) is 0 Å². The van der Waals surface area contributed by atoms with Crippen LogP contribution in [0.4, 0.5) is 4.79 Å². The number of carbonyl (C=O) groups is 2. The first-order valence-electron chi connectivity index (χ1n) is 6.67. The van der Waals surface area contributed by atoms with Crippen LogP contribution in [-0.2, 0) is 9.53 Å². The first kappa shape index (κ1) is 16.8. The molecule has 2 N–H and O–H groups in total. The average Bonchev–Trinajstić information content (AvgIpc) is 2.42. The van der Waals surface area contributed by atoms with Gasteiger partial charge in [-0.25, -0.2) is 4.79 Å². The molecule has 1 aliphatic heterocycles. The van der Waals surface area contributed by atoms with Crippen LogP contribution in [0.5, 0.6) is 0 Å². The lowest BCUT2D eigenvalue weighted by molar-refractivity contribution is -0.138. The van der Waals surface area contributed by atoms with Gasteiger partial charge in [-0.15, -0.1) is 6.58 Å². The molecular weight excluding hydrogens is 280 g/mol. The predicted molar refractivity (Wildman–Crippen MR) is 79.1 cm³/mol. The first-order valence-corrected chi connectivity index (χ1v) is 7.83. The highest BCUT2D eigenvalue weighted by Crippen LogP contribution is 2.18. The molecule has 6 nitrogen and oxygen atoms in total. The minimum Gasteiger partial charge on any atom is -0.481 e. The molecule has 1 heterocycles. The van der Waals surface area contributed by atoms with Gasteiger partial charge in [-0.3, -0.25) is 4.79 Å². The summed E-state index contributed by atoms with van der Waals surface area (Å²) in [5.41, 5.74) is 0. The van der Waals surface area contributed by atoms with Crippen LogP contribution >= 0.6 is 11.8 Å². The van der Waals surface area contributed by atoms with E-state index >= 15 is 0 Å². The van der Waals surface area contributed by atoms with Crippen LogP contribution < -0.4 is 5.32 Å². The summed E-state index contributed by atoms with van der Waals surface area (Å²) in [4.78, 5) is 24.4. The molecule has 0 aromatic carbocycles. The molecule has 1 fully saturated rings. The van der Waals surface area contributed by atoms with Gasteiger partial charge in [0.15, 0.2) is 0 Å². The highest BCUT2D eigenvalue weighted by Gasteiger charge is 2.28. The Hall–Kier alpha value is -1.21. The van der Waals surface area contributed by atoms with Crippen molar-refractivity contribution in [2.45, 2.75) is 18.9 Å². The Kier molecular flexibility index (Phi) is 8.13. The van der Waals surface area contributed by atoms with Gasteiger partial charge in [0.1, 0.15) is 0 Å². The number of nitrogens with one attached hydrogen (secondary N) is 1. The number of aliphatic carboxylic acids is 1. The number of urea groups is 1. The lowest BCUT2D eigenvalue weighted by Crippen LogP contribution is -2.51. The summed E-state index contributed by atoms with van der Waals surface area (Å²) in [6.07, 6.45) is 2.56. The number of carboxylic acids is 1. The maximum absolute atomic E-state index is 12.0. The molecule has 1 atom stereocenters. The van der Waals surface area contributed by atoms with Crippen LogP contribution in [0.2, 0.25) is 0 Å². The van der Waals surface area contributed by atoms with E-state index in [4.69, 9.17) is 9.84 Å². The van der Waals surface area contributed by atoms with Crippen molar-refractivity contribution >= 4 is 23.8 Å². The molecule has 2 amide bonds. The number of hydrogen-bond acceptors (Lipinski definition) is 4. The fourth-order valence-corrected chi connectivity index (χ4v) is 2.96. The Bertz CT molecular complexity index is 338. The molecule has 0 radical (unpaired) electrons. The third-order valence-corrected chi connectivity index (χ3v) is 3.98. The van der Waals surface area contributed by atoms with E-state index in [0.29, 0.717) is 32.1 Å². The van der Waals surface area contributed by atoms with E-state index in [0.717, 1.165) is 12.2 Å². The van der Waals surface area contributed by atoms with Crippen molar-refractivity contribution < 1.29 is 19.4 Å². The zero-order valence-corrected chi connectivity index (χ0v) is 12.4. The lowest BCUT2D eigenvalue weighted by Gasteiger charge is -2.34. The number of hydrogen-bond donors (Lipinski definition) is 2. The van der Waals surface area contributed by atoms with Gasteiger partial charge in [-0.05, 0) is 6.42 Å². The van der Waals surface area contributed by atoms with E-state index in [9.17, 15) is 9.59 Å². The number of amides is 2. The van der Waals surface area contributed by atoms with Crippen LogP contribution in [0.3, 0.4) is 0 Å². The standard InChI is InChI=1S/C13H22N2O4S/c1-2-3-6-19-7-4-14-13(18)15-5-8-20-10-11(15)9-12(16)17/h2,11H,1,3-10H2,(H,14,18)(H,16,17). The van der Waals surface area contributed by atoms with Gasteiger partial charge in [-0.1, -0.05) is 6.08 Å². The number of rotatable bonds is 8. The topological polar surface area (TPSA) is 78.9 Å². The zero-order chi connectivity index (χ0) is 14.8. The highest BCUT2D eigenvalue weighted by molar-refractivity contribution is 7.99. The quantitative estimate of drug-likeness (QED) is 0.520. The van der Waals surface area contributed by atoms with E-state index in [2.05, 4.69) is 11.9 Å². The molecule has 1 aliphatic rings. The number of ether oxygens (including phenoxy) is 1. The summed E-state index contributed by atoms with van der Waals surface area (Å²) in [7, 11) is 0. The Morgan fingerprint density at radius 3 is 3.00 bits per heavy atom. The van der Waals surface area contributed by atoms with Crippen LogP contribution in [0, 0.1) is 0 Å². The number of thioether (sulfide) groups is 1. The van der Waals surface area contributed by atoms with E-state index in [1.807, 2.05) is 0 Å². The Morgan fingerprint density at radius 2 is 2.30 bits per heavy atom.